The molecule has 0 bridgehead atoms. The van der Waals surface area contributed by atoms with Crippen molar-refractivity contribution in [2.75, 3.05) is 13.1 Å². The van der Waals surface area contributed by atoms with E-state index in [0.717, 1.165) is 61.5 Å². The lowest BCUT2D eigenvalue weighted by atomic mass is 10.1. The van der Waals surface area contributed by atoms with Gasteiger partial charge in [0.05, 0.1) is 0 Å². The summed E-state index contributed by atoms with van der Waals surface area (Å²) in [6.45, 7) is 5.25. The zero-order chi connectivity index (χ0) is 16.8. The standard InChI is InChI=1S/C17H23ClN6/c1-2-19-17(20-10-9-13-5-7-14(18)8-6-13)21-12-16-23-22-15-4-3-11-24(15)16/h5-8H,2-4,9-12H2,1H3,(H2,19,20,21). The first-order valence-corrected chi connectivity index (χ1v) is 8.81. The van der Waals surface area contributed by atoms with E-state index in [9.17, 15) is 0 Å². The Morgan fingerprint density at radius 2 is 2.08 bits per heavy atom. The van der Waals surface area contributed by atoms with Gasteiger partial charge in [-0.05, 0) is 37.5 Å². The summed E-state index contributed by atoms with van der Waals surface area (Å²) >= 11 is 5.91. The van der Waals surface area contributed by atoms with Crippen molar-refractivity contribution in [3.8, 4) is 0 Å². The summed E-state index contributed by atoms with van der Waals surface area (Å²) in [6.07, 6.45) is 3.10. The topological polar surface area (TPSA) is 67.1 Å². The Kier molecular flexibility index (Phi) is 5.69. The number of halogens is 1. The molecule has 3 rings (SSSR count). The fourth-order valence-corrected chi connectivity index (χ4v) is 2.92. The summed E-state index contributed by atoms with van der Waals surface area (Å²) in [5.74, 6) is 2.83. The summed E-state index contributed by atoms with van der Waals surface area (Å²) < 4.78 is 2.18. The number of benzene rings is 1. The number of nitrogens with one attached hydrogen (secondary N) is 2. The first-order valence-electron chi connectivity index (χ1n) is 8.44. The predicted octanol–water partition coefficient (Wildman–Crippen LogP) is 2.18. The molecule has 1 aromatic carbocycles. The Bertz CT molecular complexity index is 692. The SMILES string of the molecule is CCNC(=NCc1nnc2n1CCC2)NCCc1ccc(Cl)cc1. The van der Waals surface area contributed by atoms with Crippen LogP contribution < -0.4 is 10.6 Å². The summed E-state index contributed by atoms with van der Waals surface area (Å²) in [7, 11) is 0. The molecule has 0 atom stereocenters. The lowest BCUT2D eigenvalue weighted by Gasteiger charge is -2.11. The minimum atomic E-state index is 0.545. The maximum absolute atomic E-state index is 5.91. The average molecular weight is 347 g/mol. The second-order valence-corrected chi connectivity index (χ2v) is 6.22. The number of rotatable bonds is 6. The molecule has 6 nitrogen and oxygen atoms in total. The minimum Gasteiger partial charge on any atom is -0.357 e. The molecule has 2 aromatic rings. The van der Waals surface area contributed by atoms with Crippen molar-refractivity contribution in [1.82, 2.24) is 25.4 Å². The first kappa shape index (κ1) is 16.8. The van der Waals surface area contributed by atoms with Crippen LogP contribution in [-0.4, -0.2) is 33.8 Å². The Hall–Kier alpha value is -2.08. The Balaban J connectivity index is 1.54. The van der Waals surface area contributed by atoms with E-state index in [1.54, 1.807) is 0 Å². The Morgan fingerprint density at radius 3 is 2.88 bits per heavy atom. The molecular formula is C17H23ClN6. The minimum absolute atomic E-state index is 0.545. The third-order valence-corrected chi connectivity index (χ3v) is 4.28. The van der Waals surface area contributed by atoms with Crippen molar-refractivity contribution in [1.29, 1.82) is 0 Å². The predicted molar refractivity (Wildman–Crippen MR) is 96.3 cm³/mol. The van der Waals surface area contributed by atoms with Gasteiger partial charge in [-0.25, -0.2) is 4.99 Å². The number of guanidine groups is 1. The highest BCUT2D eigenvalue weighted by Crippen LogP contribution is 2.14. The molecule has 0 fully saturated rings. The zero-order valence-corrected chi connectivity index (χ0v) is 14.7. The molecule has 1 aliphatic heterocycles. The van der Waals surface area contributed by atoms with Crippen LogP contribution in [0.1, 0.15) is 30.6 Å². The molecule has 0 saturated carbocycles. The third kappa shape index (κ3) is 4.26. The van der Waals surface area contributed by atoms with Crippen LogP contribution in [0.25, 0.3) is 0 Å². The van der Waals surface area contributed by atoms with Gasteiger partial charge in [0.15, 0.2) is 11.8 Å². The molecule has 7 heteroatoms. The average Bonchev–Trinajstić information content (AvgIpc) is 3.18. The van der Waals surface area contributed by atoms with Crippen molar-refractivity contribution in [2.24, 2.45) is 4.99 Å². The smallest absolute Gasteiger partial charge is 0.191 e. The highest BCUT2D eigenvalue weighted by molar-refractivity contribution is 6.30. The van der Waals surface area contributed by atoms with E-state index < -0.39 is 0 Å². The molecule has 2 N–H and O–H groups in total. The van der Waals surface area contributed by atoms with E-state index in [0.29, 0.717) is 6.54 Å². The molecule has 1 aliphatic rings. The molecular weight excluding hydrogens is 324 g/mol. The largest absolute Gasteiger partial charge is 0.357 e. The van der Waals surface area contributed by atoms with Gasteiger partial charge in [-0.15, -0.1) is 10.2 Å². The van der Waals surface area contributed by atoms with Gasteiger partial charge in [-0.1, -0.05) is 23.7 Å². The quantitative estimate of drug-likeness (QED) is 0.621. The van der Waals surface area contributed by atoms with Gasteiger partial charge in [0.25, 0.3) is 0 Å². The van der Waals surface area contributed by atoms with Crippen molar-refractivity contribution in [3.05, 3.63) is 46.5 Å². The van der Waals surface area contributed by atoms with Crippen LogP contribution in [0.3, 0.4) is 0 Å². The molecule has 0 spiro atoms. The lowest BCUT2D eigenvalue weighted by Crippen LogP contribution is -2.38. The van der Waals surface area contributed by atoms with E-state index in [-0.39, 0.29) is 0 Å². The summed E-state index contributed by atoms with van der Waals surface area (Å²) in [6, 6.07) is 7.94. The van der Waals surface area contributed by atoms with E-state index in [1.165, 1.54) is 5.56 Å². The van der Waals surface area contributed by atoms with E-state index >= 15 is 0 Å². The van der Waals surface area contributed by atoms with Crippen LogP contribution in [0.2, 0.25) is 5.02 Å². The van der Waals surface area contributed by atoms with E-state index in [2.05, 4.69) is 37.3 Å². The number of fused-ring (bicyclic) bond motifs is 1. The number of aliphatic imine (C=N–C) groups is 1. The van der Waals surface area contributed by atoms with Gasteiger partial charge in [0.1, 0.15) is 12.4 Å². The second-order valence-electron chi connectivity index (χ2n) is 5.79. The molecule has 128 valence electrons. The molecule has 0 saturated heterocycles. The first-order chi connectivity index (χ1) is 11.8. The van der Waals surface area contributed by atoms with Gasteiger partial charge >= 0.3 is 0 Å². The van der Waals surface area contributed by atoms with Crippen molar-refractivity contribution >= 4 is 17.6 Å². The molecule has 0 aliphatic carbocycles. The van der Waals surface area contributed by atoms with Crippen molar-refractivity contribution in [3.63, 3.8) is 0 Å². The molecule has 0 amide bonds. The van der Waals surface area contributed by atoms with E-state index in [1.807, 2.05) is 24.3 Å². The van der Waals surface area contributed by atoms with Crippen LogP contribution >= 0.6 is 11.6 Å². The van der Waals surface area contributed by atoms with Gasteiger partial charge in [-0.3, -0.25) is 0 Å². The number of nitrogens with zero attached hydrogens (tertiary/aromatic N) is 4. The second kappa shape index (κ2) is 8.15. The van der Waals surface area contributed by atoms with Gasteiger partial charge in [0.2, 0.25) is 0 Å². The zero-order valence-electron chi connectivity index (χ0n) is 13.9. The molecule has 24 heavy (non-hydrogen) atoms. The van der Waals surface area contributed by atoms with Crippen LogP contribution in [-0.2, 0) is 25.9 Å². The Labute approximate surface area is 147 Å². The number of hydrogen-bond acceptors (Lipinski definition) is 3. The summed E-state index contributed by atoms with van der Waals surface area (Å²) in [5, 5.41) is 15.9. The lowest BCUT2D eigenvalue weighted by molar-refractivity contribution is 0.684. The van der Waals surface area contributed by atoms with Crippen molar-refractivity contribution < 1.29 is 0 Å². The molecule has 0 unspecified atom stereocenters. The van der Waals surface area contributed by atoms with Gasteiger partial charge in [-0.2, -0.15) is 0 Å². The van der Waals surface area contributed by atoms with Crippen LogP contribution in [0.4, 0.5) is 0 Å². The maximum Gasteiger partial charge on any atom is 0.191 e. The summed E-state index contributed by atoms with van der Waals surface area (Å²) in [4.78, 5) is 4.63. The summed E-state index contributed by atoms with van der Waals surface area (Å²) in [5.41, 5.74) is 1.25. The normalized spacial score (nSPS) is 13.8. The van der Waals surface area contributed by atoms with Crippen LogP contribution in [0, 0.1) is 0 Å². The van der Waals surface area contributed by atoms with E-state index in [4.69, 9.17) is 11.6 Å². The monoisotopic (exact) mass is 346 g/mol. The van der Waals surface area contributed by atoms with Gasteiger partial charge in [0, 0.05) is 31.1 Å². The number of aryl methyl sites for hydroxylation is 1. The number of aromatic nitrogens is 3. The molecule has 0 radical (unpaired) electrons. The molecule has 2 heterocycles. The van der Waals surface area contributed by atoms with Crippen LogP contribution in [0.15, 0.2) is 29.3 Å². The maximum atomic E-state index is 5.91. The van der Waals surface area contributed by atoms with Crippen LogP contribution in [0.5, 0.6) is 0 Å². The highest BCUT2D eigenvalue weighted by Gasteiger charge is 2.16. The Morgan fingerprint density at radius 1 is 1.25 bits per heavy atom. The van der Waals surface area contributed by atoms with Gasteiger partial charge < -0.3 is 15.2 Å². The number of hydrogen-bond donors (Lipinski definition) is 2. The highest BCUT2D eigenvalue weighted by atomic mass is 35.5. The van der Waals surface area contributed by atoms with Crippen molar-refractivity contribution in [2.45, 2.75) is 39.3 Å². The molecule has 1 aromatic heterocycles. The fraction of sp³-hybridized carbons (Fsp3) is 0.471. The fourth-order valence-electron chi connectivity index (χ4n) is 2.80. The third-order valence-electron chi connectivity index (χ3n) is 4.03.